The highest BCUT2D eigenvalue weighted by Gasteiger charge is 2.17. The molecule has 0 bridgehead atoms. The van der Waals surface area contributed by atoms with E-state index in [1.54, 1.807) is 24.4 Å². The molecule has 0 radical (unpaired) electrons. The summed E-state index contributed by atoms with van der Waals surface area (Å²) in [6.07, 6.45) is 2.10. The molecule has 5 nitrogen and oxygen atoms in total. The summed E-state index contributed by atoms with van der Waals surface area (Å²) in [5.41, 5.74) is 0.393. The first-order valence-electron chi connectivity index (χ1n) is 3.90. The Bertz CT molecular complexity index is 516. The Morgan fingerprint density at radius 1 is 1.50 bits per heavy atom. The van der Waals surface area contributed by atoms with Crippen molar-refractivity contribution in [3.8, 4) is 0 Å². The molecule has 0 aliphatic rings. The largest absolute Gasteiger partial charge is 0.476 e. The number of carboxylic acids is 1. The molecular weight excluding hydrogens is 184 g/mol. The molecule has 2 heterocycles. The molecule has 0 aromatic carbocycles. The highest BCUT2D eigenvalue weighted by molar-refractivity contribution is 6.00. The fraction of sp³-hybridized carbons (Fsp3) is 0. The normalized spacial score (nSPS) is 10.3. The van der Waals surface area contributed by atoms with E-state index in [1.807, 2.05) is 0 Å². The summed E-state index contributed by atoms with van der Waals surface area (Å²) in [5.74, 6) is -1.20. The number of carbonyl (C=O) groups excluding carboxylic acids is 1. The minimum Gasteiger partial charge on any atom is -0.476 e. The van der Waals surface area contributed by atoms with Gasteiger partial charge >= 0.3 is 5.97 Å². The number of pyridine rings is 1. The molecule has 0 amide bonds. The van der Waals surface area contributed by atoms with E-state index in [0.717, 1.165) is 0 Å². The van der Waals surface area contributed by atoms with Crippen LogP contribution in [0, 0.1) is 0 Å². The van der Waals surface area contributed by atoms with Gasteiger partial charge in [-0.1, -0.05) is 6.07 Å². The van der Waals surface area contributed by atoms with E-state index in [2.05, 4.69) is 5.10 Å². The smallest absolute Gasteiger partial charge is 0.357 e. The monoisotopic (exact) mass is 190 g/mol. The van der Waals surface area contributed by atoms with E-state index in [-0.39, 0.29) is 11.3 Å². The Balaban J connectivity index is 2.85. The summed E-state index contributed by atoms with van der Waals surface area (Å²) in [7, 11) is 0. The second-order valence-electron chi connectivity index (χ2n) is 2.72. The maximum absolute atomic E-state index is 10.7. The van der Waals surface area contributed by atoms with Crippen LogP contribution in [0.4, 0.5) is 0 Å². The van der Waals surface area contributed by atoms with Crippen molar-refractivity contribution in [3.63, 3.8) is 0 Å². The Hall–Kier alpha value is -2.17. The van der Waals surface area contributed by atoms with Crippen LogP contribution in [0.1, 0.15) is 20.8 Å². The number of aldehydes is 1. The Morgan fingerprint density at radius 3 is 2.93 bits per heavy atom. The van der Waals surface area contributed by atoms with Crippen LogP contribution in [0.15, 0.2) is 24.4 Å². The average molecular weight is 190 g/mol. The second-order valence-corrected chi connectivity index (χ2v) is 2.72. The van der Waals surface area contributed by atoms with Gasteiger partial charge in [0.2, 0.25) is 0 Å². The summed E-state index contributed by atoms with van der Waals surface area (Å²) in [5, 5.41) is 12.5. The fourth-order valence-corrected chi connectivity index (χ4v) is 1.29. The lowest BCUT2D eigenvalue weighted by molar-refractivity contribution is 0.0687. The highest BCUT2D eigenvalue weighted by Crippen LogP contribution is 2.12. The summed E-state index contributed by atoms with van der Waals surface area (Å²) < 4.78 is 1.37. The van der Waals surface area contributed by atoms with E-state index < -0.39 is 5.97 Å². The molecule has 0 saturated carbocycles. The van der Waals surface area contributed by atoms with E-state index >= 15 is 0 Å². The van der Waals surface area contributed by atoms with Crippen LogP contribution in [0.3, 0.4) is 0 Å². The zero-order valence-corrected chi connectivity index (χ0v) is 7.04. The van der Waals surface area contributed by atoms with Crippen molar-refractivity contribution in [2.24, 2.45) is 0 Å². The van der Waals surface area contributed by atoms with Crippen LogP contribution >= 0.6 is 0 Å². The van der Waals surface area contributed by atoms with Crippen molar-refractivity contribution >= 4 is 17.8 Å². The van der Waals surface area contributed by atoms with Gasteiger partial charge in [0.15, 0.2) is 12.0 Å². The number of aromatic nitrogens is 2. The van der Waals surface area contributed by atoms with Crippen molar-refractivity contribution in [1.82, 2.24) is 9.61 Å². The predicted octanol–water partition coefficient (Wildman–Crippen LogP) is 0.845. The van der Waals surface area contributed by atoms with E-state index in [1.165, 1.54) is 4.52 Å². The van der Waals surface area contributed by atoms with Crippen LogP contribution in [0.2, 0.25) is 0 Å². The van der Waals surface area contributed by atoms with Crippen molar-refractivity contribution < 1.29 is 14.7 Å². The number of fused-ring (bicyclic) bond motifs is 1. The van der Waals surface area contributed by atoms with Crippen molar-refractivity contribution in [3.05, 3.63) is 35.7 Å². The summed E-state index contributed by atoms with van der Waals surface area (Å²) in [4.78, 5) is 21.4. The van der Waals surface area contributed by atoms with Crippen LogP contribution in [0.25, 0.3) is 5.52 Å². The molecule has 14 heavy (non-hydrogen) atoms. The number of rotatable bonds is 2. The maximum Gasteiger partial charge on any atom is 0.357 e. The Kier molecular flexibility index (Phi) is 1.78. The van der Waals surface area contributed by atoms with Crippen LogP contribution in [-0.2, 0) is 0 Å². The van der Waals surface area contributed by atoms with Crippen LogP contribution in [-0.4, -0.2) is 27.0 Å². The lowest BCUT2D eigenvalue weighted by Gasteiger charge is -1.89. The molecule has 2 aromatic heterocycles. The zero-order chi connectivity index (χ0) is 10.1. The van der Waals surface area contributed by atoms with E-state index in [0.29, 0.717) is 11.8 Å². The van der Waals surface area contributed by atoms with Gasteiger partial charge in [0.1, 0.15) is 0 Å². The van der Waals surface area contributed by atoms with Gasteiger partial charge in [0.05, 0.1) is 11.1 Å². The minimum atomic E-state index is -1.20. The van der Waals surface area contributed by atoms with Crippen molar-refractivity contribution in [2.45, 2.75) is 0 Å². The summed E-state index contributed by atoms with van der Waals surface area (Å²) in [6.45, 7) is 0. The lowest BCUT2D eigenvalue weighted by atomic mass is 10.2. The number of nitrogens with zero attached hydrogens (tertiary/aromatic N) is 2. The highest BCUT2D eigenvalue weighted by atomic mass is 16.4. The molecule has 2 rings (SSSR count). The quantitative estimate of drug-likeness (QED) is 0.712. The maximum atomic E-state index is 10.7. The van der Waals surface area contributed by atoms with Gasteiger partial charge in [0.25, 0.3) is 0 Å². The van der Waals surface area contributed by atoms with Gasteiger partial charge in [0, 0.05) is 6.20 Å². The predicted molar refractivity (Wildman–Crippen MR) is 47.5 cm³/mol. The molecule has 0 spiro atoms. The Morgan fingerprint density at radius 2 is 2.29 bits per heavy atom. The molecule has 1 N–H and O–H groups in total. The van der Waals surface area contributed by atoms with Crippen molar-refractivity contribution in [2.75, 3.05) is 0 Å². The SMILES string of the molecule is O=Cc1c(C(=O)O)nn2ccccc12. The minimum absolute atomic E-state index is 0.109. The first-order valence-corrected chi connectivity index (χ1v) is 3.90. The Labute approximate surface area is 78.6 Å². The number of carbonyl (C=O) groups is 2. The fourth-order valence-electron chi connectivity index (χ4n) is 1.29. The summed E-state index contributed by atoms with van der Waals surface area (Å²) in [6, 6.07) is 5.07. The third-order valence-electron chi connectivity index (χ3n) is 1.90. The van der Waals surface area contributed by atoms with Crippen LogP contribution < -0.4 is 0 Å². The van der Waals surface area contributed by atoms with Crippen molar-refractivity contribution in [1.29, 1.82) is 0 Å². The number of hydrogen-bond donors (Lipinski definition) is 1. The second kappa shape index (κ2) is 2.95. The topological polar surface area (TPSA) is 71.7 Å². The molecule has 0 aliphatic carbocycles. The average Bonchev–Trinajstić information content (AvgIpc) is 2.56. The number of hydrogen-bond acceptors (Lipinski definition) is 3. The number of aromatic carboxylic acids is 1. The molecule has 0 aliphatic heterocycles. The van der Waals surface area contributed by atoms with Gasteiger partial charge in [-0.25, -0.2) is 9.31 Å². The molecular formula is C9H6N2O3. The van der Waals surface area contributed by atoms with Gasteiger partial charge in [-0.3, -0.25) is 4.79 Å². The van der Waals surface area contributed by atoms with E-state index in [4.69, 9.17) is 5.11 Å². The first-order chi connectivity index (χ1) is 6.74. The molecule has 70 valence electrons. The van der Waals surface area contributed by atoms with Gasteiger partial charge in [-0.15, -0.1) is 0 Å². The lowest BCUT2D eigenvalue weighted by Crippen LogP contribution is -2.00. The molecule has 2 aromatic rings. The molecule has 0 saturated heterocycles. The van der Waals surface area contributed by atoms with Gasteiger partial charge < -0.3 is 5.11 Å². The van der Waals surface area contributed by atoms with Crippen LogP contribution in [0.5, 0.6) is 0 Å². The third-order valence-corrected chi connectivity index (χ3v) is 1.90. The standard InChI is InChI=1S/C9H6N2O3/c12-5-6-7-3-1-2-4-11(7)10-8(6)9(13)14/h1-5H,(H,13,14). The van der Waals surface area contributed by atoms with Gasteiger partial charge in [-0.2, -0.15) is 5.10 Å². The molecule has 0 atom stereocenters. The third kappa shape index (κ3) is 1.06. The first kappa shape index (κ1) is 8.43. The van der Waals surface area contributed by atoms with Gasteiger partial charge in [-0.05, 0) is 12.1 Å². The summed E-state index contributed by atoms with van der Waals surface area (Å²) >= 11 is 0. The van der Waals surface area contributed by atoms with E-state index in [9.17, 15) is 9.59 Å². The molecule has 0 fully saturated rings. The zero-order valence-electron chi connectivity index (χ0n) is 7.04. The molecule has 5 heteroatoms. The number of carboxylic acid groups (broad SMARTS) is 1. The molecule has 0 unspecified atom stereocenters.